The highest BCUT2D eigenvalue weighted by Gasteiger charge is 2.20. The molecule has 0 aliphatic carbocycles. The number of pyridine rings is 1. The van der Waals surface area contributed by atoms with Crippen LogP contribution in [-0.2, 0) is 6.42 Å². The Labute approximate surface area is 193 Å². The van der Waals surface area contributed by atoms with E-state index in [1.807, 2.05) is 18.2 Å². The number of rotatable bonds is 7. The number of carbonyl (C=O) groups excluding carboxylic acids is 1. The van der Waals surface area contributed by atoms with Gasteiger partial charge in [0.05, 0.1) is 6.20 Å². The normalized spacial score (nSPS) is 18.8. The Bertz CT molecular complexity index is 1130. The summed E-state index contributed by atoms with van der Waals surface area (Å²) in [7, 11) is 0. The first-order valence-corrected chi connectivity index (χ1v) is 11.2. The molecule has 172 valence electrons. The molecule has 1 aliphatic heterocycles. The summed E-state index contributed by atoms with van der Waals surface area (Å²) in [5.41, 5.74) is 8.56. The fourth-order valence-corrected chi connectivity index (χ4v) is 4.35. The van der Waals surface area contributed by atoms with Crippen molar-refractivity contribution in [3.05, 3.63) is 77.7 Å². The summed E-state index contributed by atoms with van der Waals surface area (Å²) in [6, 6.07) is 18.0. The molecule has 1 amide bonds. The van der Waals surface area contributed by atoms with Crippen LogP contribution < -0.4 is 15.8 Å². The highest BCUT2D eigenvalue weighted by Crippen LogP contribution is 2.29. The van der Waals surface area contributed by atoms with Crippen LogP contribution in [0.15, 0.2) is 60.8 Å². The number of piperazine rings is 1. The Hall–Kier alpha value is -3.29. The molecule has 0 bridgehead atoms. The van der Waals surface area contributed by atoms with Crippen LogP contribution in [0.2, 0.25) is 0 Å². The molecule has 1 aliphatic rings. The Morgan fingerprint density at radius 3 is 2.55 bits per heavy atom. The minimum atomic E-state index is -0.797. The molecule has 0 radical (unpaired) electrons. The zero-order valence-corrected chi connectivity index (χ0v) is 18.9. The number of hydrogen-bond acceptors (Lipinski definition) is 5. The molecule has 0 unspecified atom stereocenters. The number of benzene rings is 2. The number of halogens is 1. The SMILES string of the molecule is C[C@@H]1CN(CCc2cccc(-c3cccc(Oc4ncc(F)cc4C(N)=O)c3)c2)C[C@H](C)N1. The van der Waals surface area contributed by atoms with Crippen LogP contribution in [0.3, 0.4) is 0 Å². The molecule has 33 heavy (non-hydrogen) atoms. The number of carbonyl (C=O) groups is 1. The smallest absolute Gasteiger partial charge is 0.254 e. The van der Waals surface area contributed by atoms with Gasteiger partial charge < -0.3 is 15.8 Å². The van der Waals surface area contributed by atoms with Gasteiger partial charge in [0.2, 0.25) is 5.88 Å². The third-order valence-corrected chi connectivity index (χ3v) is 5.74. The first kappa shape index (κ1) is 22.9. The fourth-order valence-electron chi connectivity index (χ4n) is 4.35. The third-order valence-electron chi connectivity index (χ3n) is 5.74. The number of nitrogens with zero attached hydrogens (tertiary/aromatic N) is 2. The van der Waals surface area contributed by atoms with Crippen molar-refractivity contribution in [1.29, 1.82) is 0 Å². The van der Waals surface area contributed by atoms with Crippen molar-refractivity contribution < 1.29 is 13.9 Å². The van der Waals surface area contributed by atoms with E-state index in [-0.39, 0.29) is 11.4 Å². The molecule has 7 heteroatoms. The summed E-state index contributed by atoms with van der Waals surface area (Å²) in [4.78, 5) is 18.0. The van der Waals surface area contributed by atoms with E-state index in [1.165, 1.54) is 5.56 Å². The molecule has 0 spiro atoms. The van der Waals surface area contributed by atoms with Crippen LogP contribution in [0, 0.1) is 5.82 Å². The second-order valence-corrected chi connectivity index (χ2v) is 8.68. The molecule has 3 aromatic rings. The van der Waals surface area contributed by atoms with Crippen LogP contribution in [0.25, 0.3) is 11.1 Å². The van der Waals surface area contributed by atoms with Crippen LogP contribution in [0.1, 0.15) is 29.8 Å². The van der Waals surface area contributed by atoms with Gasteiger partial charge in [-0.15, -0.1) is 0 Å². The number of hydrogen-bond donors (Lipinski definition) is 2. The van der Waals surface area contributed by atoms with Crippen LogP contribution in [-0.4, -0.2) is 47.5 Å². The second kappa shape index (κ2) is 10.1. The Kier molecular flexibility index (Phi) is 7.01. The van der Waals surface area contributed by atoms with Gasteiger partial charge in [-0.2, -0.15) is 0 Å². The highest BCUT2D eigenvalue weighted by molar-refractivity contribution is 5.95. The molecule has 2 aromatic carbocycles. The number of nitrogens with two attached hydrogens (primary N) is 1. The lowest BCUT2D eigenvalue weighted by atomic mass is 10.0. The molecule has 1 aromatic heterocycles. The summed E-state index contributed by atoms with van der Waals surface area (Å²) >= 11 is 0. The molecule has 2 heterocycles. The summed E-state index contributed by atoms with van der Waals surface area (Å²) in [6.45, 7) is 7.61. The maximum absolute atomic E-state index is 13.5. The summed E-state index contributed by atoms with van der Waals surface area (Å²) in [5.74, 6) is -0.974. The molecular formula is C26H29FN4O2. The number of nitrogens with one attached hydrogen (secondary N) is 1. The first-order chi connectivity index (χ1) is 15.9. The predicted octanol–water partition coefficient (Wildman–Crippen LogP) is 4.00. The van der Waals surface area contributed by atoms with Crippen molar-refractivity contribution in [3.63, 3.8) is 0 Å². The molecule has 1 saturated heterocycles. The van der Waals surface area contributed by atoms with Crippen molar-refractivity contribution in [2.45, 2.75) is 32.4 Å². The molecule has 1 fully saturated rings. The van der Waals surface area contributed by atoms with Gasteiger partial charge in [-0.25, -0.2) is 9.37 Å². The van der Waals surface area contributed by atoms with E-state index >= 15 is 0 Å². The van der Waals surface area contributed by atoms with E-state index in [9.17, 15) is 9.18 Å². The van der Waals surface area contributed by atoms with E-state index in [1.54, 1.807) is 6.07 Å². The number of ether oxygens (including phenoxy) is 1. The van der Waals surface area contributed by atoms with Crippen molar-refractivity contribution in [2.24, 2.45) is 5.73 Å². The largest absolute Gasteiger partial charge is 0.438 e. The average Bonchev–Trinajstić information content (AvgIpc) is 2.78. The van der Waals surface area contributed by atoms with Gasteiger partial charge in [0.1, 0.15) is 17.1 Å². The lowest BCUT2D eigenvalue weighted by Crippen LogP contribution is -2.54. The summed E-state index contributed by atoms with van der Waals surface area (Å²) < 4.78 is 19.2. The van der Waals surface area contributed by atoms with Gasteiger partial charge in [-0.3, -0.25) is 9.69 Å². The molecule has 2 atom stereocenters. The minimum absolute atomic E-state index is 0.0192. The van der Waals surface area contributed by atoms with Crippen LogP contribution in [0.5, 0.6) is 11.6 Å². The second-order valence-electron chi connectivity index (χ2n) is 8.68. The third kappa shape index (κ3) is 5.94. The van der Waals surface area contributed by atoms with Crippen molar-refractivity contribution in [2.75, 3.05) is 19.6 Å². The summed E-state index contributed by atoms with van der Waals surface area (Å²) in [6.07, 6.45) is 1.97. The Balaban J connectivity index is 1.48. The Morgan fingerprint density at radius 2 is 1.82 bits per heavy atom. The van der Waals surface area contributed by atoms with Gasteiger partial charge in [-0.05, 0) is 55.2 Å². The highest BCUT2D eigenvalue weighted by atomic mass is 19.1. The molecule has 3 N–H and O–H groups in total. The molecule has 4 rings (SSSR count). The maximum Gasteiger partial charge on any atom is 0.254 e. The monoisotopic (exact) mass is 448 g/mol. The minimum Gasteiger partial charge on any atom is -0.438 e. The van der Waals surface area contributed by atoms with E-state index in [0.717, 1.165) is 49.4 Å². The molecule has 0 saturated carbocycles. The van der Waals surface area contributed by atoms with Gasteiger partial charge in [0.25, 0.3) is 5.91 Å². The van der Waals surface area contributed by atoms with E-state index in [0.29, 0.717) is 17.8 Å². The van der Waals surface area contributed by atoms with E-state index < -0.39 is 11.7 Å². The Morgan fingerprint density at radius 1 is 1.12 bits per heavy atom. The first-order valence-electron chi connectivity index (χ1n) is 11.2. The van der Waals surface area contributed by atoms with Crippen molar-refractivity contribution in [1.82, 2.24) is 15.2 Å². The zero-order valence-electron chi connectivity index (χ0n) is 18.9. The number of amides is 1. The average molecular weight is 449 g/mol. The van der Waals surface area contributed by atoms with Crippen molar-refractivity contribution >= 4 is 5.91 Å². The van der Waals surface area contributed by atoms with Gasteiger partial charge in [-0.1, -0.05) is 36.4 Å². The topological polar surface area (TPSA) is 80.5 Å². The summed E-state index contributed by atoms with van der Waals surface area (Å²) in [5, 5.41) is 3.57. The molecule has 6 nitrogen and oxygen atoms in total. The zero-order chi connectivity index (χ0) is 23.4. The number of aromatic nitrogens is 1. The van der Waals surface area contributed by atoms with Gasteiger partial charge in [0, 0.05) is 31.7 Å². The van der Waals surface area contributed by atoms with Gasteiger partial charge >= 0.3 is 0 Å². The lowest BCUT2D eigenvalue weighted by molar-refractivity contribution is 0.0997. The number of primary amides is 1. The quantitative estimate of drug-likeness (QED) is 0.571. The van der Waals surface area contributed by atoms with Crippen LogP contribution in [0.4, 0.5) is 4.39 Å². The van der Waals surface area contributed by atoms with Gasteiger partial charge in [0.15, 0.2) is 0 Å². The van der Waals surface area contributed by atoms with Crippen LogP contribution >= 0.6 is 0 Å². The fraction of sp³-hybridized carbons (Fsp3) is 0.308. The standard InChI is InChI=1S/C26H29FN4O2/c1-17-15-31(16-18(2)30-17)10-9-19-5-3-6-20(11-19)21-7-4-8-23(12-21)33-26-24(25(28)32)13-22(27)14-29-26/h3-8,11-14,17-18,30H,9-10,15-16H2,1-2H3,(H2,28,32)/t17-,18+. The predicted molar refractivity (Wildman–Crippen MR) is 127 cm³/mol. The van der Waals surface area contributed by atoms with E-state index in [2.05, 4.69) is 53.3 Å². The maximum atomic E-state index is 13.5. The van der Waals surface area contributed by atoms with E-state index in [4.69, 9.17) is 10.5 Å². The van der Waals surface area contributed by atoms with Crippen molar-refractivity contribution in [3.8, 4) is 22.8 Å². The lowest BCUT2D eigenvalue weighted by Gasteiger charge is -2.36. The molecular weight excluding hydrogens is 419 g/mol.